The highest BCUT2D eigenvalue weighted by Gasteiger charge is 2.16. The Bertz CT molecular complexity index is 539. The predicted octanol–water partition coefficient (Wildman–Crippen LogP) is 3.42. The summed E-state index contributed by atoms with van der Waals surface area (Å²) in [7, 11) is 0. The summed E-state index contributed by atoms with van der Waals surface area (Å²) in [6.45, 7) is 4.04. The van der Waals surface area contributed by atoms with E-state index < -0.39 is 0 Å². The molecule has 0 amide bonds. The number of hydrogen-bond acceptors (Lipinski definition) is 3. The van der Waals surface area contributed by atoms with Crippen molar-refractivity contribution in [1.29, 1.82) is 0 Å². The van der Waals surface area contributed by atoms with Gasteiger partial charge in [0.2, 0.25) is 0 Å². The first-order valence-electron chi connectivity index (χ1n) is 5.70. The van der Waals surface area contributed by atoms with Crippen LogP contribution in [0.5, 0.6) is 0 Å². The third-order valence-corrected chi connectivity index (χ3v) is 4.64. The molecule has 0 spiro atoms. The van der Waals surface area contributed by atoms with Crippen molar-refractivity contribution in [2.75, 3.05) is 6.54 Å². The Morgan fingerprint density at radius 2 is 2.29 bits per heavy atom. The van der Waals surface area contributed by atoms with Gasteiger partial charge in [0.25, 0.3) is 0 Å². The summed E-state index contributed by atoms with van der Waals surface area (Å²) in [5, 5.41) is 5.29. The Hall–Kier alpha value is -0.900. The third-order valence-electron chi connectivity index (χ3n) is 3.10. The van der Waals surface area contributed by atoms with Crippen LogP contribution in [0.25, 0.3) is 10.6 Å². The van der Waals surface area contributed by atoms with Gasteiger partial charge in [-0.1, -0.05) is 23.7 Å². The van der Waals surface area contributed by atoms with E-state index in [4.69, 9.17) is 16.6 Å². The lowest BCUT2D eigenvalue weighted by Gasteiger charge is -2.09. The molecule has 0 bridgehead atoms. The van der Waals surface area contributed by atoms with Gasteiger partial charge < -0.3 is 5.32 Å². The van der Waals surface area contributed by atoms with Crippen LogP contribution < -0.4 is 5.32 Å². The molecule has 4 heteroatoms. The highest BCUT2D eigenvalue weighted by molar-refractivity contribution is 7.15. The molecule has 0 fully saturated rings. The molecule has 0 radical (unpaired) electrons. The fraction of sp³-hybridized carbons (Fsp3) is 0.308. The Balaban J connectivity index is 2.09. The minimum absolute atomic E-state index is 0.814. The number of nitrogens with zero attached hydrogens (tertiary/aromatic N) is 1. The summed E-state index contributed by atoms with van der Waals surface area (Å²) < 4.78 is 0. The van der Waals surface area contributed by atoms with Gasteiger partial charge in [0, 0.05) is 35.0 Å². The maximum atomic E-state index is 6.15. The average molecular weight is 265 g/mol. The second-order valence-corrected chi connectivity index (χ2v) is 5.72. The molecule has 2 aromatic rings. The first-order valence-corrected chi connectivity index (χ1v) is 6.90. The van der Waals surface area contributed by atoms with Crippen LogP contribution in [0, 0.1) is 6.92 Å². The minimum Gasteiger partial charge on any atom is -0.311 e. The van der Waals surface area contributed by atoms with E-state index in [1.54, 1.807) is 11.3 Å². The number of benzene rings is 1. The number of hydrogen-bond donors (Lipinski definition) is 1. The molecule has 1 aromatic carbocycles. The van der Waals surface area contributed by atoms with Crippen LogP contribution in [-0.2, 0) is 13.0 Å². The van der Waals surface area contributed by atoms with Crippen LogP contribution in [0.1, 0.15) is 16.1 Å². The van der Waals surface area contributed by atoms with Gasteiger partial charge >= 0.3 is 0 Å². The Morgan fingerprint density at radius 1 is 1.41 bits per heavy atom. The van der Waals surface area contributed by atoms with Gasteiger partial charge in [0.15, 0.2) is 0 Å². The molecule has 0 saturated heterocycles. The normalized spacial score (nSPS) is 14.7. The summed E-state index contributed by atoms with van der Waals surface area (Å²) in [5.41, 5.74) is 3.54. The fourth-order valence-electron chi connectivity index (χ4n) is 2.08. The molecule has 2 heterocycles. The molecule has 2 nitrogen and oxygen atoms in total. The van der Waals surface area contributed by atoms with Crippen molar-refractivity contribution in [3.05, 3.63) is 39.4 Å². The smallest absolute Gasteiger partial charge is 0.124 e. The van der Waals surface area contributed by atoms with E-state index in [-0.39, 0.29) is 0 Å². The molecule has 3 rings (SSSR count). The van der Waals surface area contributed by atoms with Crippen LogP contribution in [0.4, 0.5) is 0 Å². The van der Waals surface area contributed by atoms with Crippen LogP contribution in [-0.4, -0.2) is 11.5 Å². The van der Waals surface area contributed by atoms with Gasteiger partial charge in [-0.3, -0.25) is 0 Å². The summed E-state index contributed by atoms with van der Waals surface area (Å²) in [5.74, 6) is 0. The van der Waals surface area contributed by atoms with Crippen LogP contribution in [0.15, 0.2) is 18.2 Å². The molecule has 0 unspecified atom stereocenters. The number of aromatic nitrogens is 1. The molecule has 1 aliphatic heterocycles. The highest BCUT2D eigenvalue weighted by atomic mass is 35.5. The zero-order chi connectivity index (χ0) is 11.8. The maximum absolute atomic E-state index is 6.15. The van der Waals surface area contributed by atoms with Gasteiger partial charge in [0.05, 0.1) is 5.69 Å². The molecule has 88 valence electrons. The Morgan fingerprint density at radius 3 is 3.12 bits per heavy atom. The topological polar surface area (TPSA) is 24.9 Å². The van der Waals surface area contributed by atoms with Gasteiger partial charge in [0.1, 0.15) is 5.01 Å². The third kappa shape index (κ3) is 1.99. The zero-order valence-electron chi connectivity index (χ0n) is 9.59. The standard InChI is InChI=1S/C13H13ClN2S/c1-8-9(3-2-4-10(8)14)13-16-11-5-6-15-7-12(11)17-13/h2-4,15H,5-7H2,1H3. The fourth-order valence-corrected chi connectivity index (χ4v) is 3.41. The molecule has 0 atom stereocenters. The highest BCUT2D eigenvalue weighted by Crippen LogP contribution is 2.33. The molecular weight excluding hydrogens is 252 g/mol. The number of rotatable bonds is 1. The minimum atomic E-state index is 0.814. The van der Waals surface area contributed by atoms with Crippen molar-refractivity contribution >= 4 is 22.9 Å². The largest absolute Gasteiger partial charge is 0.311 e. The van der Waals surface area contributed by atoms with E-state index in [1.807, 2.05) is 12.1 Å². The van der Waals surface area contributed by atoms with Crippen molar-refractivity contribution in [3.8, 4) is 10.6 Å². The number of thiazole rings is 1. The van der Waals surface area contributed by atoms with Crippen molar-refractivity contribution in [3.63, 3.8) is 0 Å². The van der Waals surface area contributed by atoms with E-state index in [0.29, 0.717) is 0 Å². The summed E-state index contributed by atoms with van der Waals surface area (Å²) in [4.78, 5) is 6.11. The number of halogens is 1. The Labute approximate surface area is 110 Å². The SMILES string of the molecule is Cc1c(Cl)cccc1-c1nc2c(s1)CNCC2. The van der Waals surface area contributed by atoms with E-state index >= 15 is 0 Å². The predicted molar refractivity (Wildman–Crippen MR) is 72.7 cm³/mol. The van der Waals surface area contributed by atoms with E-state index in [2.05, 4.69) is 18.3 Å². The second-order valence-electron chi connectivity index (χ2n) is 4.23. The van der Waals surface area contributed by atoms with E-state index in [1.165, 1.54) is 10.6 Å². The average Bonchev–Trinajstić information content (AvgIpc) is 2.76. The monoisotopic (exact) mass is 264 g/mol. The second kappa shape index (κ2) is 4.41. The molecule has 1 aliphatic rings. The van der Waals surface area contributed by atoms with Crippen LogP contribution >= 0.6 is 22.9 Å². The van der Waals surface area contributed by atoms with Crippen molar-refractivity contribution in [1.82, 2.24) is 10.3 Å². The van der Waals surface area contributed by atoms with Crippen LogP contribution in [0.2, 0.25) is 5.02 Å². The Kier molecular flexibility index (Phi) is 2.90. The van der Waals surface area contributed by atoms with E-state index in [0.717, 1.165) is 40.7 Å². The van der Waals surface area contributed by atoms with Gasteiger partial charge in [-0.25, -0.2) is 4.98 Å². The molecule has 0 aliphatic carbocycles. The van der Waals surface area contributed by atoms with Crippen molar-refractivity contribution in [2.45, 2.75) is 19.9 Å². The molecule has 1 N–H and O–H groups in total. The van der Waals surface area contributed by atoms with Crippen molar-refractivity contribution < 1.29 is 0 Å². The summed E-state index contributed by atoms with van der Waals surface area (Å²) >= 11 is 7.93. The van der Waals surface area contributed by atoms with Gasteiger partial charge in [-0.05, 0) is 18.6 Å². The number of fused-ring (bicyclic) bond motifs is 1. The lowest BCUT2D eigenvalue weighted by Crippen LogP contribution is -2.22. The molecular formula is C13H13ClN2S. The summed E-state index contributed by atoms with van der Waals surface area (Å²) in [6.07, 6.45) is 1.03. The van der Waals surface area contributed by atoms with Crippen LogP contribution in [0.3, 0.4) is 0 Å². The van der Waals surface area contributed by atoms with Gasteiger partial charge in [-0.15, -0.1) is 11.3 Å². The maximum Gasteiger partial charge on any atom is 0.124 e. The first-order chi connectivity index (χ1) is 8.25. The van der Waals surface area contributed by atoms with E-state index in [9.17, 15) is 0 Å². The molecule has 17 heavy (non-hydrogen) atoms. The van der Waals surface area contributed by atoms with Gasteiger partial charge in [-0.2, -0.15) is 0 Å². The van der Waals surface area contributed by atoms with Crippen molar-refractivity contribution in [2.24, 2.45) is 0 Å². The quantitative estimate of drug-likeness (QED) is 0.854. The molecule has 1 aromatic heterocycles. The lowest BCUT2D eigenvalue weighted by molar-refractivity contribution is 0.644. The summed E-state index contributed by atoms with van der Waals surface area (Å²) in [6, 6.07) is 6.01. The lowest BCUT2D eigenvalue weighted by atomic mass is 10.1. The zero-order valence-corrected chi connectivity index (χ0v) is 11.2. The molecule has 0 saturated carbocycles. The number of nitrogens with one attached hydrogen (secondary N) is 1. The first kappa shape index (κ1) is 11.2.